The van der Waals surface area contributed by atoms with Gasteiger partial charge in [0.1, 0.15) is 0 Å². The Hall–Kier alpha value is -9.12. The molecule has 3 nitrogen and oxygen atoms in total. The molecule has 0 aliphatic carbocycles. The van der Waals surface area contributed by atoms with Crippen molar-refractivity contribution in [1.29, 1.82) is 0 Å². The van der Waals surface area contributed by atoms with Crippen LogP contribution in [-0.4, -0.2) is 11.3 Å². The molecule has 4 heteroatoms. The maximum atomic E-state index is 10.0. The lowest BCUT2D eigenvalue weighted by Crippen LogP contribution is -2.61. The Morgan fingerprint density at radius 2 is 0.559 bits per heavy atom. The van der Waals surface area contributed by atoms with Crippen molar-refractivity contribution in [2.24, 2.45) is 0 Å². The predicted octanol–water partition coefficient (Wildman–Crippen LogP) is 25.9. The summed E-state index contributed by atoms with van der Waals surface area (Å²) in [6, 6.07) is 61.0. The highest BCUT2D eigenvalue weighted by atomic mass is 15.2. The summed E-state index contributed by atoms with van der Waals surface area (Å²) >= 11 is 0. The van der Waals surface area contributed by atoms with Crippen LogP contribution in [0, 0.1) is 0 Å². The molecule has 11 aromatic carbocycles. The van der Waals surface area contributed by atoms with E-state index in [9.17, 15) is 11.0 Å². The summed E-state index contributed by atoms with van der Waals surface area (Å²) in [7, 11) is 0. The van der Waals surface area contributed by atoms with Crippen LogP contribution in [0.15, 0.2) is 218 Å². The minimum atomic E-state index is -0.495. The minimum absolute atomic E-state index is 0.0145. The van der Waals surface area contributed by atoms with E-state index in [0.29, 0.717) is 5.69 Å². The highest BCUT2D eigenvalue weighted by molar-refractivity contribution is 7.00. The second-order valence-electron chi connectivity index (χ2n) is 37.6. The number of fused-ring (bicyclic) bond motifs is 7. The zero-order valence-corrected chi connectivity index (χ0v) is 65.1. The third-order valence-corrected chi connectivity index (χ3v) is 21.6. The minimum Gasteiger partial charge on any atom is -0.311 e. The monoisotopic (exact) mass is 1350 g/mol. The van der Waals surface area contributed by atoms with Crippen LogP contribution in [0.4, 0.5) is 34.1 Å². The molecule has 2 aliphatic rings. The lowest BCUT2D eigenvalue weighted by atomic mass is 9.33. The summed E-state index contributed by atoms with van der Waals surface area (Å²) in [6.07, 6.45) is 0. The topological polar surface area (TPSA) is 11.4 Å². The van der Waals surface area contributed by atoms with Crippen LogP contribution < -0.4 is 26.2 Å². The second-order valence-corrected chi connectivity index (χ2v) is 37.6. The number of para-hydroxylation sites is 2. The maximum Gasteiger partial charge on any atom is 0.252 e. The van der Waals surface area contributed by atoms with Crippen molar-refractivity contribution in [3.8, 4) is 50.2 Å². The van der Waals surface area contributed by atoms with Crippen molar-refractivity contribution in [3.05, 3.63) is 263 Å². The van der Waals surface area contributed by atoms with Crippen LogP contribution in [0.5, 0.6) is 0 Å². The first-order chi connectivity index (χ1) is 50.9. The quantitative estimate of drug-likeness (QED) is 0.147. The van der Waals surface area contributed by atoms with Gasteiger partial charge in [0.2, 0.25) is 0 Å². The fourth-order valence-corrected chi connectivity index (χ4v) is 15.0. The standard InChI is InChI=1S/C98H108BN3/c1-91(2,3)69-44-65(45-70(55-69)92(4,5)6)61-36-40-77(41-37-61)100-86-53-63(67-48-73(95(13,14)15)57-74(49-67)96(16,17)18)38-42-82(86)99-83-43-39-64(68-50-75(97(19,20)21)58-76(51-68)98(22,23)24)54-87(83)101(78-31-29-30-62(52-78)66-46-71(93(7,8)9)56-72(47-66)94(10,11)12)89-60-79(59-88(100)90(89)99)102-84-34-27-25-32-80(84)81-33-26-28-35-85(81)102/h25-60H,1-24H3/i25D,26D,27D,28D,32D,33D,34D,35D. The molecule has 0 amide bonds. The van der Waals surface area contributed by atoms with Gasteiger partial charge in [0, 0.05) is 44.9 Å². The first-order valence-electron chi connectivity index (χ1n) is 40.8. The molecule has 1 aromatic heterocycles. The van der Waals surface area contributed by atoms with Crippen molar-refractivity contribution < 1.29 is 11.0 Å². The van der Waals surface area contributed by atoms with Crippen LogP contribution in [0.2, 0.25) is 0 Å². The zero-order chi connectivity index (χ0) is 80.0. The van der Waals surface area contributed by atoms with Gasteiger partial charge in [0.05, 0.1) is 27.7 Å². The molecular weight excluding hydrogens is 1230 g/mol. The highest BCUT2D eigenvalue weighted by Crippen LogP contribution is 2.50. The number of nitrogens with zero attached hydrogens (tertiary/aromatic N) is 3. The average molecular weight is 1350 g/mol. The molecule has 0 saturated heterocycles. The van der Waals surface area contributed by atoms with E-state index in [4.69, 9.17) is 0 Å². The van der Waals surface area contributed by atoms with Crippen LogP contribution in [0.3, 0.4) is 0 Å². The summed E-state index contributed by atoms with van der Waals surface area (Å²) in [4.78, 5) is 4.79. The number of anilines is 6. The molecule has 2 aliphatic heterocycles. The van der Waals surface area contributed by atoms with Crippen LogP contribution in [0.25, 0.3) is 72.0 Å². The van der Waals surface area contributed by atoms with Gasteiger partial charge in [-0.15, -0.1) is 0 Å². The Labute approximate surface area is 623 Å². The largest absolute Gasteiger partial charge is 0.311 e. The van der Waals surface area contributed by atoms with E-state index in [-0.39, 0.29) is 89.3 Å². The van der Waals surface area contributed by atoms with E-state index in [1.54, 1.807) is 4.57 Å². The first kappa shape index (κ1) is 60.5. The second kappa shape index (κ2) is 24.3. The number of hydrogen-bond acceptors (Lipinski definition) is 2. The molecule has 0 unspecified atom stereocenters. The molecule has 0 bridgehead atoms. The van der Waals surface area contributed by atoms with Gasteiger partial charge in [-0.3, -0.25) is 0 Å². The fraction of sp³-hybridized carbons (Fsp3) is 0.327. The van der Waals surface area contributed by atoms with E-state index < -0.39 is 30.9 Å². The summed E-state index contributed by atoms with van der Waals surface area (Å²) in [6.45, 7) is 54.3. The third kappa shape index (κ3) is 12.9. The van der Waals surface area contributed by atoms with Crippen LogP contribution in [0.1, 0.15) is 222 Å². The molecule has 3 heterocycles. The van der Waals surface area contributed by atoms with Gasteiger partial charge in [-0.05, 0) is 209 Å². The lowest BCUT2D eigenvalue weighted by Gasteiger charge is -2.45. The molecule has 0 atom stereocenters. The van der Waals surface area contributed by atoms with Crippen molar-refractivity contribution >= 4 is 79.0 Å². The van der Waals surface area contributed by atoms with Gasteiger partial charge < -0.3 is 14.4 Å². The normalized spacial score (nSPS) is 14.9. The van der Waals surface area contributed by atoms with Crippen molar-refractivity contribution in [2.75, 3.05) is 9.80 Å². The summed E-state index contributed by atoms with van der Waals surface area (Å²) in [5, 5.41) is 0.0291. The van der Waals surface area contributed by atoms with E-state index in [1.165, 1.54) is 44.5 Å². The van der Waals surface area contributed by atoms with E-state index in [0.717, 1.165) is 95.0 Å². The Kier molecular flexibility index (Phi) is 14.4. The maximum absolute atomic E-state index is 10.0. The molecule has 518 valence electrons. The Balaban J connectivity index is 1.17. The molecule has 0 fully saturated rings. The van der Waals surface area contributed by atoms with Crippen molar-refractivity contribution in [3.63, 3.8) is 0 Å². The van der Waals surface area contributed by atoms with Crippen molar-refractivity contribution in [2.45, 2.75) is 209 Å². The van der Waals surface area contributed by atoms with Gasteiger partial charge in [0.15, 0.2) is 0 Å². The Morgan fingerprint density at radius 1 is 0.255 bits per heavy atom. The molecule has 0 radical (unpaired) electrons. The molecule has 14 rings (SSSR count). The Morgan fingerprint density at radius 3 is 0.902 bits per heavy atom. The van der Waals surface area contributed by atoms with Gasteiger partial charge in [-0.25, -0.2) is 0 Å². The smallest absolute Gasteiger partial charge is 0.252 e. The number of benzene rings is 11. The number of rotatable bonds is 7. The SMILES string of the molecule is [2H]c1c([2H])c([2H])c2c(c1[2H])c1c([2H])c([2H])c([2H])c([2H])c1n2-c1cc2c3c(c1)N(c1cccc(-c4cc(C(C)(C)C)cc(C(C)(C)C)c4)c1)c1cc(-c4cc(C(C)(C)C)cc(C(C)(C)C)c4)ccc1B3c1ccc(-c3cc(C(C)(C)C)cc(C(C)(C)C)c3)cc1N2c1ccc(-c2cc(C(C)(C)C)cc(C(C)(C)C)c2)cc1. The molecular formula is C98H108BN3. The average Bonchev–Trinajstić information content (AvgIpc) is 1.43. The van der Waals surface area contributed by atoms with E-state index in [2.05, 4.69) is 346 Å². The van der Waals surface area contributed by atoms with E-state index in [1.807, 2.05) is 0 Å². The van der Waals surface area contributed by atoms with Crippen LogP contribution >= 0.6 is 0 Å². The van der Waals surface area contributed by atoms with Gasteiger partial charge in [-0.2, -0.15) is 0 Å². The van der Waals surface area contributed by atoms with E-state index >= 15 is 0 Å². The summed E-state index contributed by atoms with van der Waals surface area (Å²) < 4.78 is 78.5. The Bertz CT molecular complexity index is 5590. The molecule has 0 spiro atoms. The molecule has 0 N–H and O–H groups in total. The lowest BCUT2D eigenvalue weighted by molar-refractivity contribution is 0.568. The van der Waals surface area contributed by atoms with Crippen molar-refractivity contribution in [1.82, 2.24) is 4.57 Å². The molecule has 102 heavy (non-hydrogen) atoms. The van der Waals surface area contributed by atoms with Gasteiger partial charge >= 0.3 is 0 Å². The number of hydrogen-bond donors (Lipinski definition) is 0. The molecule has 0 saturated carbocycles. The summed E-state index contributed by atoms with van der Waals surface area (Å²) in [5.41, 5.74) is 26.1. The fourth-order valence-electron chi connectivity index (χ4n) is 15.0. The third-order valence-electron chi connectivity index (χ3n) is 21.6. The van der Waals surface area contributed by atoms with Gasteiger partial charge in [0.25, 0.3) is 6.71 Å². The first-order valence-corrected chi connectivity index (χ1v) is 36.8. The van der Waals surface area contributed by atoms with Crippen LogP contribution in [-0.2, 0) is 43.3 Å². The zero-order valence-electron chi connectivity index (χ0n) is 73.1. The summed E-state index contributed by atoms with van der Waals surface area (Å²) in [5.74, 6) is 0. The predicted molar refractivity (Wildman–Crippen MR) is 446 cm³/mol. The molecule has 12 aromatic rings. The number of aromatic nitrogens is 1. The highest BCUT2D eigenvalue weighted by Gasteiger charge is 2.45. The van der Waals surface area contributed by atoms with Gasteiger partial charge in [-0.1, -0.05) is 324 Å².